The number of hydrogen-bond acceptors (Lipinski definition) is 10. The predicted octanol–water partition coefficient (Wildman–Crippen LogP) is 1.66. The zero-order chi connectivity index (χ0) is 28.7. The fraction of sp³-hybridized carbons (Fsp3) is 0.0800. The van der Waals surface area contributed by atoms with E-state index in [4.69, 9.17) is 14.6 Å². The fourth-order valence-corrected chi connectivity index (χ4v) is 4.60. The Morgan fingerprint density at radius 2 is 1.85 bits per heavy atom. The number of nitrogens with two attached hydrogens (primary N) is 1. The molecular formula is C25H22N6O7S2. The molecule has 1 aliphatic rings. The number of amides is 3. The number of methoxy groups -OCH3 is 1. The number of carbonyl (C=O) groups is 3. The minimum absolute atomic E-state index is 0.0911. The van der Waals surface area contributed by atoms with Gasteiger partial charge >= 0.3 is 0 Å². The number of amidine groups is 1. The highest BCUT2D eigenvalue weighted by molar-refractivity contribution is 8.18. The number of benzene rings is 2. The van der Waals surface area contributed by atoms with Gasteiger partial charge in [0.2, 0.25) is 10.0 Å². The number of thioether (sulfide) groups is 1. The molecule has 0 saturated carbocycles. The molecule has 1 saturated heterocycles. The average molecular weight is 583 g/mol. The van der Waals surface area contributed by atoms with Crippen molar-refractivity contribution in [1.82, 2.24) is 15.7 Å². The van der Waals surface area contributed by atoms with E-state index in [9.17, 15) is 22.8 Å². The Morgan fingerprint density at radius 1 is 1.12 bits per heavy atom. The molecule has 3 aromatic rings. The second-order valence-corrected chi connectivity index (χ2v) is 10.5. The molecule has 1 aromatic heterocycles. The molecule has 5 N–H and O–H groups in total. The molecule has 40 heavy (non-hydrogen) atoms. The summed E-state index contributed by atoms with van der Waals surface area (Å²) in [5.41, 5.74) is 3.51. The van der Waals surface area contributed by atoms with Crippen molar-refractivity contribution in [3.63, 3.8) is 0 Å². The summed E-state index contributed by atoms with van der Waals surface area (Å²) in [7, 11) is -2.43. The predicted molar refractivity (Wildman–Crippen MR) is 148 cm³/mol. The van der Waals surface area contributed by atoms with Gasteiger partial charge < -0.3 is 14.8 Å². The third-order valence-electron chi connectivity index (χ3n) is 5.18. The summed E-state index contributed by atoms with van der Waals surface area (Å²) in [4.78, 5) is 41.2. The fourth-order valence-electron chi connectivity index (χ4n) is 3.32. The molecule has 0 aliphatic carbocycles. The van der Waals surface area contributed by atoms with Crippen LogP contribution in [0.25, 0.3) is 6.08 Å². The summed E-state index contributed by atoms with van der Waals surface area (Å²) in [6.45, 7) is -0.416. The molecular weight excluding hydrogens is 560 g/mol. The maximum Gasteiger partial charge on any atom is 0.271 e. The van der Waals surface area contributed by atoms with E-state index in [-0.39, 0.29) is 20.7 Å². The number of nitrogens with zero attached hydrogens (tertiary/aromatic N) is 2. The Bertz CT molecular complexity index is 1610. The number of sulfonamides is 1. The quantitative estimate of drug-likeness (QED) is 0.215. The number of para-hydroxylation sites is 1. The Balaban J connectivity index is 1.44. The molecule has 2 aromatic carbocycles. The Labute approximate surface area is 232 Å². The molecule has 13 nitrogen and oxygen atoms in total. The molecule has 0 atom stereocenters. The van der Waals surface area contributed by atoms with Crippen LogP contribution in [0.5, 0.6) is 11.5 Å². The van der Waals surface area contributed by atoms with E-state index >= 15 is 0 Å². The van der Waals surface area contributed by atoms with Crippen LogP contribution >= 0.6 is 11.8 Å². The van der Waals surface area contributed by atoms with E-state index in [1.807, 2.05) is 0 Å². The largest absolute Gasteiger partial charge is 0.493 e. The summed E-state index contributed by atoms with van der Waals surface area (Å²) in [6, 6.07) is 13.4. The van der Waals surface area contributed by atoms with Crippen molar-refractivity contribution in [3.8, 4) is 11.5 Å². The maximum atomic E-state index is 12.5. The molecule has 1 aliphatic heterocycles. The Hall–Kier alpha value is -4.73. The van der Waals surface area contributed by atoms with Crippen LogP contribution in [0, 0.1) is 0 Å². The van der Waals surface area contributed by atoms with E-state index in [1.165, 1.54) is 62.0 Å². The van der Waals surface area contributed by atoms with Gasteiger partial charge in [-0.05, 0) is 60.3 Å². The Morgan fingerprint density at radius 3 is 2.52 bits per heavy atom. The number of anilines is 1. The number of primary sulfonamides is 1. The molecule has 2 heterocycles. The van der Waals surface area contributed by atoms with Crippen LogP contribution in [-0.4, -0.2) is 50.0 Å². The van der Waals surface area contributed by atoms with Crippen LogP contribution in [0.4, 0.5) is 5.69 Å². The van der Waals surface area contributed by atoms with Crippen LogP contribution in [0.3, 0.4) is 0 Å². The second-order valence-electron chi connectivity index (χ2n) is 7.94. The van der Waals surface area contributed by atoms with E-state index in [2.05, 4.69) is 26.1 Å². The molecule has 0 radical (unpaired) electrons. The van der Waals surface area contributed by atoms with E-state index in [0.717, 1.165) is 11.8 Å². The van der Waals surface area contributed by atoms with E-state index in [1.54, 1.807) is 18.2 Å². The monoisotopic (exact) mass is 582 g/mol. The summed E-state index contributed by atoms with van der Waals surface area (Å²) in [5, 5.41) is 14.4. The SMILES string of the molecule is COc1cccc(/C=C2\S/C(=N/NC(=O)c3ccncc3)NC2=O)c1OCC(=O)Nc1ccc(S(N)(=O)=O)cc1. The van der Waals surface area contributed by atoms with E-state index < -0.39 is 34.4 Å². The summed E-state index contributed by atoms with van der Waals surface area (Å²) >= 11 is 0.998. The molecule has 206 valence electrons. The van der Waals surface area contributed by atoms with Gasteiger partial charge in [0.1, 0.15) is 0 Å². The average Bonchev–Trinajstić information content (AvgIpc) is 3.29. The number of ether oxygens (including phenoxy) is 2. The highest BCUT2D eigenvalue weighted by Gasteiger charge is 2.25. The third-order valence-corrected chi connectivity index (χ3v) is 7.02. The van der Waals surface area contributed by atoms with Crippen molar-refractivity contribution in [1.29, 1.82) is 0 Å². The van der Waals surface area contributed by atoms with Gasteiger partial charge in [-0.3, -0.25) is 24.7 Å². The van der Waals surface area contributed by atoms with Crippen molar-refractivity contribution in [3.05, 3.63) is 83.0 Å². The number of carbonyl (C=O) groups excluding carboxylic acids is 3. The van der Waals surface area contributed by atoms with E-state index in [0.29, 0.717) is 22.6 Å². The first kappa shape index (κ1) is 28.3. The highest BCUT2D eigenvalue weighted by atomic mass is 32.2. The first-order valence-electron chi connectivity index (χ1n) is 11.4. The number of hydrazone groups is 1. The standard InChI is InChI=1S/C25H22N6O7S2/c1-37-19-4-2-3-16(22(19)38-14-21(32)28-17-5-7-18(8-6-17)40(26,35)36)13-20-24(34)29-25(39-20)31-30-23(33)15-9-11-27-12-10-15/h2-13H,14H2,1H3,(H,28,32)(H,30,33)(H2,26,35,36)(H,29,31,34)/b20-13-. The van der Waals surface area contributed by atoms with Crippen LogP contribution in [0.1, 0.15) is 15.9 Å². The molecule has 0 spiro atoms. The zero-order valence-corrected chi connectivity index (χ0v) is 22.4. The van der Waals surface area contributed by atoms with Gasteiger partial charge in [-0.1, -0.05) is 12.1 Å². The highest BCUT2D eigenvalue weighted by Crippen LogP contribution is 2.35. The maximum absolute atomic E-state index is 12.5. The van der Waals surface area contributed by atoms with Gasteiger partial charge in [0.05, 0.1) is 16.9 Å². The summed E-state index contributed by atoms with van der Waals surface area (Å²) < 4.78 is 33.9. The number of aromatic nitrogens is 1. The minimum Gasteiger partial charge on any atom is -0.493 e. The normalized spacial score (nSPS) is 15.0. The minimum atomic E-state index is -3.86. The van der Waals surface area contributed by atoms with Crippen molar-refractivity contribution < 1.29 is 32.3 Å². The number of hydrogen-bond donors (Lipinski definition) is 4. The van der Waals surface area contributed by atoms with Crippen LogP contribution < -0.4 is 30.7 Å². The van der Waals surface area contributed by atoms with Crippen LogP contribution in [0.15, 0.2) is 81.9 Å². The third kappa shape index (κ3) is 7.22. The van der Waals surface area contributed by atoms with Gasteiger partial charge in [0.15, 0.2) is 23.3 Å². The first-order chi connectivity index (χ1) is 19.1. The van der Waals surface area contributed by atoms with Crippen LogP contribution in [0.2, 0.25) is 0 Å². The second kappa shape index (κ2) is 12.4. The lowest BCUT2D eigenvalue weighted by atomic mass is 10.1. The smallest absolute Gasteiger partial charge is 0.271 e. The molecule has 15 heteroatoms. The molecule has 4 rings (SSSR count). The van der Waals surface area contributed by atoms with Crippen LogP contribution in [-0.2, 0) is 19.6 Å². The van der Waals surface area contributed by atoms with Gasteiger partial charge in [-0.25, -0.2) is 19.0 Å². The van der Waals surface area contributed by atoms with Crippen molar-refractivity contribution >= 4 is 56.4 Å². The lowest BCUT2D eigenvalue weighted by Gasteiger charge is -2.14. The lowest BCUT2D eigenvalue weighted by molar-refractivity contribution is -0.118. The topological polar surface area (TPSA) is 191 Å². The first-order valence-corrected chi connectivity index (χ1v) is 13.7. The molecule has 3 amide bonds. The van der Waals surface area contributed by atoms with Gasteiger partial charge in [-0.2, -0.15) is 0 Å². The molecule has 1 fully saturated rings. The molecule has 0 unspecified atom stereocenters. The van der Waals surface area contributed by atoms with Gasteiger partial charge in [0, 0.05) is 29.2 Å². The van der Waals surface area contributed by atoms with Crippen molar-refractivity contribution in [2.24, 2.45) is 10.2 Å². The Kier molecular flexibility index (Phi) is 8.78. The van der Waals surface area contributed by atoms with Gasteiger partial charge in [-0.15, -0.1) is 5.10 Å². The van der Waals surface area contributed by atoms with Crippen molar-refractivity contribution in [2.45, 2.75) is 4.90 Å². The number of nitrogens with one attached hydrogen (secondary N) is 3. The van der Waals surface area contributed by atoms with Gasteiger partial charge in [0.25, 0.3) is 17.7 Å². The number of pyridine rings is 1. The summed E-state index contributed by atoms with van der Waals surface area (Å²) in [6.07, 6.45) is 4.48. The zero-order valence-electron chi connectivity index (χ0n) is 20.8. The molecule has 0 bridgehead atoms. The summed E-state index contributed by atoms with van der Waals surface area (Å²) in [5.74, 6) is -0.913. The number of rotatable bonds is 9. The van der Waals surface area contributed by atoms with Crippen molar-refractivity contribution in [2.75, 3.05) is 19.0 Å². The lowest BCUT2D eigenvalue weighted by Crippen LogP contribution is -2.25.